The van der Waals surface area contributed by atoms with E-state index in [2.05, 4.69) is 29.2 Å². The quantitative estimate of drug-likeness (QED) is 0.491. The van der Waals surface area contributed by atoms with Gasteiger partial charge in [0.05, 0.1) is 25.0 Å². The van der Waals surface area contributed by atoms with Crippen molar-refractivity contribution in [1.82, 2.24) is 9.88 Å². The van der Waals surface area contributed by atoms with Gasteiger partial charge >= 0.3 is 0 Å². The molecule has 4 heteroatoms. The summed E-state index contributed by atoms with van der Waals surface area (Å²) in [6.07, 6.45) is 0.416. The van der Waals surface area contributed by atoms with E-state index in [0.717, 1.165) is 22.0 Å². The maximum atomic E-state index is 12.6. The standard InChI is InChI=1S/C26H22N2O2/c29-26(16-19-10-12-21(13-11-19)20-6-2-1-3-7-20)28-17-23(18-28)30-25-15-14-22-8-4-5-9-24(22)27-25/h1-15,23H,16-18H2. The molecule has 148 valence electrons. The Morgan fingerprint density at radius 3 is 2.33 bits per heavy atom. The van der Waals surface area contributed by atoms with Gasteiger partial charge in [-0.1, -0.05) is 72.8 Å². The molecule has 0 saturated carbocycles. The largest absolute Gasteiger partial charge is 0.471 e. The first kappa shape index (κ1) is 18.4. The van der Waals surface area contributed by atoms with E-state index in [0.29, 0.717) is 25.4 Å². The van der Waals surface area contributed by atoms with E-state index in [-0.39, 0.29) is 12.0 Å². The minimum absolute atomic E-state index is 0.00284. The molecule has 1 amide bonds. The zero-order valence-corrected chi connectivity index (χ0v) is 16.6. The average molecular weight is 394 g/mol. The highest BCUT2D eigenvalue weighted by molar-refractivity contribution is 5.80. The summed E-state index contributed by atoms with van der Waals surface area (Å²) >= 11 is 0. The van der Waals surface area contributed by atoms with Crippen LogP contribution in [-0.2, 0) is 11.2 Å². The molecule has 4 nitrogen and oxygen atoms in total. The Labute approximate surface area is 175 Å². The van der Waals surface area contributed by atoms with Crippen molar-refractivity contribution in [2.45, 2.75) is 12.5 Å². The van der Waals surface area contributed by atoms with Gasteiger partial charge in [-0.25, -0.2) is 4.98 Å². The maximum absolute atomic E-state index is 12.6. The molecule has 0 spiro atoms. The van der Waals surface area contributed by atoms with E-state index in [1.54, 1.807) is 0 Å². The second-order valence-electron chi connectivity index (χ2n) is 7.62. The summed E-state index contributed by atoms with van der Waals surface area (Å²) in [5.74, 6) is 0.746. The third-order valence-electron chi connectivity index (χ3n) is 5.48. The van der Waals surface area contributed by atoms with Crippen LogP contribution in [0.4, 0.5) is 0 Å². The number of carbonyl (C=O) groups excluding carboxylic acids is 1. The molecule has 1 fully saturated rings. The number of fused-ring (bicyclic) bond motifs is 1. The Morgan fingerprint density at radius 1 is 0.833 bits per heavy atom. The van der Waals surface area contributed by atoms with Gasteiger partial charge in [-0.2, -0.15) is 0 Å². The molecule has 0 atom stereocenters. The number of para-hydroxylation sites is 1. The predicted octanol–water partition coefficient (Wildman–Crippen LogP) is 4.73. The van der Waals surface area contributed by atoms with Crippen LogP contribution in [-0.4, -0.2) is 35.0 Å². The minimum Gasteiger partial charge on any atom is -0.471 e. The minimum atomic E-state index is 0.00284. The lowest BCUT2D eigenvalue weighted by molar-refractivity contribution is -0.139. The van der Waals surface area contributed by atoms with Crippen LogP contribution in [0.1, 0.15) is 5.56 Å². The van der Waals surface area contributed by atoms with E-state index >= 15 is 0 Å². The van der Waals surface area contributed by atoms with Crippen molar-refractivity contribution in [3.05, 3.63) is 96.6 Å². The number of hydrogen-bond acceptors (Lipinski definition) is 3. The molecule has 4 aromatic rings. The zero-order chi connectivity index (χ0) is 20.3. The third kappa shape index (κ3) is 3.90. The summed E-state index contributed by atoms with van der Waals surface area (Å²) in [7, 11) is 0. The van der Waals surface area contributed by atoms with Crippen LogP contribution in [0.15, 0.2) is 91.0 Å². The van der Waals surface area contributed by atoms with Crippen molar-refractivity contribution in [2.24, 2.45) is 0 Å². The first-order valence-electron chi connectivity index (χ1n) is 10.2. The monoisotopic (exact) mass is 394 g/mol. The van der Waals surface area contributed by atoms with Crippen LogP contribution in [0.3, 0.4) is 0 Å². The number of hydrogen-bond donors (Lipinski definition) is 0. The Morgan fingerprint density at radius 2 is 1.53 bits per heavy atom. The van der Waals surface area contributed by atoms with Crippen molar-refractivity contribution in [3.63, 3.8) is 0 Å². The smallest absolute Gasteiger partial charge is 0.227 e. The molecule has 1 saturated heterocycles. The third-order valence-corrected chi connectivity index (χ3v) is 5.48. The number of ether oxygens (including phenoxy) is 1. The van der Waals surface area contributed by atoms with Crippen molar-refractivity contribution < 1.29 is 9.53 Å². The molecule has 0 N–H and O–H groups in total. The molecule has 0 aliphatic carbocycles. The van der Waals surface area contributed by atoms with Crippen molar-refractivity contribution >= 4 is 16.8 Å². The summed E-state index contributed by atoms with van der Waals surface area (Å²) in [5, 5.41) is 1.09. The van der Waals surface area contributed by atoms with Crippen LogP contribution in [0, 0.1) is 0 Å². The maximum Gasteiger partial charge on any atom is 0.227 e. The summed E-state index contributed by atoms with van der Waals surface area (Å²) in [5.41, 5.74) is 4.29. The Hall–Kier alpha value is -3.66. The van der Waals surface area contributed by atoms with Crippen molar-refractivity contribution in [1.29, 1.82) is 0 Å². The number of pyridine rings is 1. The number of carbonyl (C=O) groups is 1. The lowest BCUT2D eigenvalue weighted by Gasteiger charge is -2.38. The van der Waals surface area contributed by atoms with E-state index in [4.69, 9.17) is 4.74 Å². The molecule has 2 heterocycles. The van der Waals surface area contributed by atoms with Crippen LogP contribution in [0.2, 0.25) is 0 Å². The summed E-state index contributed by atoms with van der Waals surface area (Å²) < 4.78 is 5.95. The molecule has 1 aliphatic rings. The molecule has 5 rings (SSSR count). The van der Waals surface area contributed by atoms with E-state index in [9.17, 15) is 4.79 Å². The van der Waals surface area contributed by atoms with Gasteiger partial charge in [0.25, 0.3) is 0 Å². The van der Waals surface area contributed by atoms with Gasteiger partial charge in [0.1, 0.15) is 6.10 Å². The summed E-state index contributed by atoms with van der Waals surface area (Å²) in [6, 6.07) is 30.3. The SMILES string of the molecule is O=C(Cc1ccc(-c2ccccc2)cc1)N1CC(Oc2ccc3ccccc3n2)C1. The van der Waals surface area contributed by atoms with Crippen LogP contribution < -0.4 is 4.74 Å². The zero-order valence-electron chi connectivity index (χ0n) is 16.6. The van der Waals surface area contributed by atoms with Crippen molar-refractivity contribution in [2.75, 3.05) is 13.1 Å². The van der Waals surface area contributed by atoms with Crippen LogP contribution in [0.5, 0.6) is 5.88 Å². The van der Waals surface area contributed by atoms with Gasteiger partial charge in [0.15, 0.2) is 0 Å². The molecular weight excluding hydrogens is 372 g/mol. The summed E-state index contributed by atoms with van der Waals surface area (Å²) in [6.45, 7) is 1.21. The van der Waals surface area contributed by atoms with E-state index in [1.807, 2.05) is 71.6 Å². The van der Waals surface area contributed by atoms with Gasteiger partial charge in [-0.3, -0.25) is 4.79 Å². The second-order valence-corrected chi connectivity index (χ2v) is 7.62. The number of rotatable bonds is 5. The molecule has 0 unspecified atom stereocenters. The summed E-state index contributed by atoms with van der Waals surface area (Å²) in [4.78, 5) is 19.0. The molecule has 3 aromatic carbocycles. The molecule has 0 radical (unpaired) electrons. The Kier molecular flexibility index (Phi) is 4.89. The highest BCUT2D eigenvalue weighted by Gasteiger charge is 2.32. The predicted molar refractivity (Wildman–Crippen MR) is 118 cm³/mol. The number of benzene rings is 3. The first-order valence-corrected chi connectivity index (χ1v) is 10.2. The fraction of sp³-hybridized carbons (Fsp3) is 0.154. The van der Waals surface area contributed by atoms with Crippen molar-refractivity contribution in [3.8, 4) is 17.0 Å². The fourth-order valence-corrected chi connectivity index (χ4v) is 3.73. The molecule has 1 aromatic heterocycles. The lowest BCUT2D eigenvalue weighted by Crippen LogP contribution is -2.56. The van der Waals surface area contributed by atoms with Crippen LogP contribution in [0.25, 0.3) is 22.0 Å². The molecule has 0 bridgehead atoms. The number of nitrogens with zero attached hydrogens (tertiary/aromatic N) is 2. The van der Waals surface area contributed by atoms with Gasteiger partial charge in [0, 0.05) is 11.5 Å². The van der Waals surface area contributed by atoms with Crippen LogP contribution >= 0.6 is 0 Å². The highest BCUT2D eigenvalue weighted by Crippen LogP contribution is 2.22. The van der Waals surface area contributed by atoms with Gasteiger partial charge < -0.3 is 9.64 Å². The number of aromatic nitrogens is 1. The number of likely N-dealkylation sites (tertiary alicyclic amines) is 1. The Bertz CT molecular complexity index is 1170. The molecule has 30 heavy (non-hydrogen) atoms. The van der Waals surface area contributed by atoms with Gasteiger partial charge in [0.2, 0.25) is 11.8 Å². The first-order chi connectivity index (χ1) is 14.7. The normalized spacial score (nSPS) is 13.8. The molecular formula is C26H22N2O2. The van der Waals surface area contributed by atoms with E-state index in [1.165, 1.54) is 5.56 Å². The van der Waals surface area contributed by atoms with Gasteiger partial charge in [-0.15, -0.1) is 0 Å². The fourth-order valence-electron chi connectivity index (χ4n) is 3.73. The lowest BCUT2D eigenvalue weighted by atomic mass is 10.0. The van der Waals surface area contributed by atoms with Gasteiger partial charge in [-0.05, 0) is 28.8 Å². The topological polar surface area (TPSA) is 42.4 Å². The Balaban J connectivity index is 1.15. The second kappa shape index (κ2) is 7.99. The van der Waals surface area contributed by atoms with E-state index < -0.39 is 0 Å². The molecule has 1 aliphatic heterocycles. The number of amides is 1. The average Bonchev–Trinajstić information content (AvgIpc) is 2.77. The highest BCUT2D eigenvalue weighted by atomic mass is 16.5.